The maximum absolute atomic E-state index is 11.4. The highest BCUT2D eigenvalue weighted by molar-refractivity contribution is 7.99. The smallest absolute Gasteiger partial charge is 0.409 e. The Kier molecular flexibility index (Phi) is 4.53. The predicted molar refractivity (Wildman–Crippen MR) is 83.8 cm³/mol. The number of hydrogen-bond acceptors (Lipinski definition) is 5. The van der Waals surface area contributed by atoms with Gasteiger partial charge in [0.15, 0.2) is 5.16 Å². The standard InChI is InChI=1S/C15H17N3O3S/c1-20-13-4-2-12(3-5-13)18-7-6-16-14(18)22-11-9-17-8-10-21-15(17)19/h2-7H,8-11H2,1H3. The van der Waals surface area contributed by atoms with E-state index < -0.39 is 0 Å². The Morgan fingerprint density at radius 1 is 1.36 bits per heavy atom. The summed E-state index contributed by atoms with van der Waals surface area (Å²) in [5, 5.41) is 0.901. The van der Waals surface area contributed by atoms with Crippen molar-refractivity contribution >= 4 is 17.9 Å². The highest BCUT2D eigenvalue weighted by Gasteiger charge is 2.21. The van der Waals surface area contributed by atoms with Gasteiger partial charge in [-0.1, -0.05) is 11.8 Å². The molecule has 0 atom stereocenters. The predicted octanol–water partition coefficient (Wildman–Crippen LogP) is 2.43. The first kappa shape index (κ1) is 14.8. The van der Waals surface area contributed by atoms with Gasteiger partial charge in [-0.25, -0.2) is 9.78 Å². The molecule has 0 radical (unpaired) electrons. The van der Waals surface area contributed by atoms with Crippen LogP contribution >= 0.6 is 11.8 Å². The maximum Gasteiger partial charge on any atom is 0.409 e. The van der Waals surface area contributed by atoms with E-state index >= 15 is 0 Å². The van der Waals surface area contributed by atoms with Crippen LogP contribution in [-0.2, 0) is 4.74 Å². The van der Waals surface area contributed by atoms with E-state index in [2.05, 4.69) is 4.98 Å². The van der Waals surface area contributed by atoms with Gasteiger partial charge >= 0.3 is 6.09 Å². The number of benzene rings is 1. The van der Waals surface area contributed by atoms with Gasteiger partial charge in [-0.3, -0.25) is 4.57 Å². The van der Waals surface area contributed by atoms with E-state index in [1.165, 1.54) is 0 Å². The zero-order valence-corrected chi connectivity index (χ0v) is 13.1. The number of cyclic esters (lactones) is 1. The number of nitrogens with zero attached hydrogens (tertiary/aromatic N) is 3. The summed E-state index contributed by atoms with van der Waals surface area (Å²) in [6.07, 6.45) is 3.48. The highest BCUT2D eigenvalue weighted by atomic mass is 32.2. The molecule has 22 heavy (non-hydrogen) atoms. The number of hydrogen-bond donors (Lipinski definition) is 0. The normalized spacial score (nSPS) is 14.2. The third-order valence-corrected chi connectivity index (χ3v) is 4.34. The zero-order chi connectivity index (χ0) is 15.4. The highest BCUT2D eigenvalue weighted by Crippen LogP contribution is 2.22. The summed E-state index contributed by atoms with van der Waals surface area (Å²) >= 11 is 1.62. The van der Waals surface area contributed by atoms with Gasteiger partial charge in [0.1, 0.15) is 12.4 Å². The van der Waals surface area contributed by atoms with Crippen LogP contribution in [0.4, 0.5) is 4.79 Å². The van der Waals surface area contributed by atoms with Crippen molar-refractivity contribution in [2.75, 3.05) is 32.6 Å². The van der Waals surface area contributed by atoms with Gasteiger partial charge in [-0.2, -0.15) is 0 Å². The number of thioether (sulfide) groups is 1. The number of methoxy groups -OCH3 is 1. The molecule has 1 fully saturated rings. The molecule has 2 heterocycles. The lowest BCUT2D eigenvalue weighted by Crippen LogP contribution is -2.26. The second-order valence-corrected chi connectivity index (χ2v) is 5.79. The summed E-state index contributed by atoms with van der Waals surface area (Å²) in [5.41, 5.74) is 1.03. The average Bonchev–Trinajstić information content (AvgIpc) is 3.17. The van der Waals surface area contributed by atoms with Gasteiger partial charge in [0.05, 0.1) is 13.7 Å². The van der Waals surface area contributed by atoms with Crippen molar-refractivity contribution in [1.29, 1.82) is 0 Å². The average molecular weight is 319 g/mol. The lowest BCUT2D eigenvalue weighted by molar-refractivity contribution is 0.160. The Morgan fingerprint density at radius 2 is 2.18 bits per heavy atom. The molecule has 1 aromatic heterocycles. The molecule has 2 aromatic rings. The lowest BCUT2D eigenvalue weighted by Gasteiger charge is -2.12. The Morgan fingerprint density at radius 3 is 2.86 bits per heavy atom. The fourth-order valence-corrected chi connectivity index (χ4v) is 3.15. The Labute approximate surface area is 133 Å². The van der Waals surface area contributed by atoms with Crippen LogP contribution in [0, 0.1) is 0 Å². The van der Waals surface area contributed by atoms with Gasteiger partial charge in [-0.05, 0) is 24.3 Å². The summed E-state index contributed by atoms with van der Waals surface area (Å²) in [7, 11) is 1.65. The molecule has 0 N–H and O–H groups in total. The summed E-state index contributed by atoms with van der Waals surface area (Å²) in [6, 6.07) is 7.82. The molecule has 1 aromatic carbocycles. The minimum absolute atomic E-state index is 0.223. The molecule has 0 saturated carbocycles. The van der Waals surface area contributed by atoms with Gasteiger partial charge in [0, 0.05) is 30.4 Å². The largest absolute Gasteiger partial charge is 0.497 e. The molecular weight excluding hydrogens is 302 g/mol. The molecule has 0 aliphatic carbocycles. The third-order valence-electron chi connectivity index (χ3n) is 3.39. The number of ether oxygens (including phenoxy) is 2. The number of carbonyl (C=O) groups is 1. The first-order chi connectivity index (χ1) is 10.8. The number of amides is 1. The zero-order valence-electron chi connectivity index (χ0n) is 12.3. The van der Waals surface area contributed by atoms with Crippen LogP contribution in [0.5, 0.6) is 5.75 Å². The quantitative estimate of drug-likeness (QED) is 0.765. The molecule has 0 bridgehead atoms. The Hall–Kier alpha value is -2.15. The van der Waals surface area contributed by atoms with Crippen LogP contribution in [-0.4, -0.2) is 53.1 Å². The topological polar surface area (TPSA) is 56.6 Å². The molecule has 116 valence electrons. The van der Waals surface area contributed by atoms with Crippen LogP contribution < -0.4 is 4.74 Å². The van der Waals surface area contributed by atoms with E-state index in [4.69, 9.17) is 9.47 Å². The number of rotatable bonds is 6. The first-order valence-electron chi connectivity index (χ1n) is 7.00. The van der Waals surface area contributed by atoms with Crippen LogP contribution in [0.15, 0.2) is 41.8 Å². The van der Waals surface area contributed by atoms with Gasteiger partial charge in [-0.15, -0.1) is 0 Å². The fraction of sp³-hybridized carbons (Fsp3) is 0.333. The third kappa shape index (κ3) is 3.19. The minimum Gasteiger partial charge on any atom is -0.497 e. The molecule has 1 amide bonds. The molecule has 1 aliphatic rings. The van der Waals surface area contributed by atoms with Gasteiger partial charge < -0.3 is 14.4 Å². The number of imidazole rings is 1. The number of aromatic nitrogens is 2. The van der Waals surface area contributed by atoms with Crippen molar-refractivity contribution in [3.63, 3.8) is 0 Å². The van der Waals surface area contributed by atoms with Crippen molar-refractivity contribution in [2.24, 2.45) is 0 Å². The van der Waals surface area contributed by atoms with Crippen LogP contribution in [0.1, 0.15) is 0 Å². The molecule has 3 rings (SSSR count). The van der Waals surface area contributed by atoms with Crippen LogP contribution in [0.3, 0.4) is 0 Å². The SMILES string of the molecule is COc1ccc(-n2ccnc2SCCN2CCOC2=O)cc1. The lowest BCUT2D eigenvalue weighted by atomic mass is 10.3. The van der Waals surface area contributed by atoms with E-state index in [-0.39, 0.29) is 6.09 Å². The van der Waals surface area contributed by atoms with Crippen molar-refractivity contribution < 1.29 is 14.3 Å². The summed E-state index contributed by atoms with van der Waals surface area (Å²) in [5.74, 6) is 1.60. The van der Waals surface area contributed by atoms with Gasteiger partial charge in [0.2, 0.25) is 0 Å². The molecule has 0 unspecified atom stereocenters. The van der Waals surface area contributed by atoms with E-state index in [1.807, 2.05) is 35.0 Å². The summed E-state index contributed by atoms with van der Waals surface area (Å²) < 4.78 is 12.1. The van der Waals surface area contributed by atoms with E-state index in [0.29, 0.717) is 19.7 Å². The molecule has 7 heteroatoms. The monoisotopic (exact) mass is 319 g/mol. The molecule has 0 spiro atoms. The first-order valence-corrected chi connectivity index (χ1v) is 7.99. The van der Waals surface area contributed by atoms with Crippen LogP contribution in [0.25, 0.3) is 5.69 Å². The minimum atomic E-state index is -0.223. The van der Waals surface area contributed by atoms with Gasteiger partial charge in [0.25, 0.3) is 0 Å². The maximum atomic E-state index is 11.4. The second kappa shape index (κ2) is 6.74. The van der Waals surface area contributed by atoms with E-state index in [0.717, 1.165) is 22.3 Å². The van der Waals surface area contributed by atoms with Crippen molar-refractivity contribution in [2.45, 2.75) is 5.16 Å². The Balaban J connectivity index is 1.62. The number of carbonyl (C=O) groups excluding carboxylic acids is 1. The second-order valence-electron chi connectivity index (χ2n) is 4.73. The molecule has 1 aliphatic heterocycles. The summed E-state index contributed by atoms with van der Waals surface area (Å²) in [6.45, 7) is 1.83. The Bertz CT molecular complexity index is 642. The molecule has 6 nitrogen and oxygen atoms in total. The van der Waals surface area contributed by atoms with Crippen molar-refractivity contribution in [3.05, 3.63) is 36.7 Å². The van der Waals surface area contributed by atoms with E-state index in [1.54, 1.807) is 30.0 Å². The van der Waals surface area contributed by atoms with Crippen molar-refractivity contribution in [1.82, 2.24) is 14.5 Å². The molecule has 1 saturated heterocycles. The summed E-state index contributed by atoms with van der Waals surface area (Å²) in [4.78, 5) is 17.5. The van der Waals surface area contributed by atoms with Crippen LogP contribution in [0.2, 0.25) is 0 Å². The van der Waals surface area contributed by atoms with Crippen molar-refractivity contribution in [3.8, 4) is 11.4 Å². The fourth-order valence-electron chi connectivity index (χ4n) is 2.21. The molecular formula is C15H17N3O3S. The van der Waals surface area contributed by atoms with E-state index in [9.17, 15) is 4.79 Å².